The van der Waals surface area contributed by atoms with E-state index in [1.54, 1.807) is 22.7 Å². The molecule has 0 atom stereocenters. The zero-order valence-corrected chi connectivity index (χ0v) is 13.8. The average molecular weight is 320 g/mol. The smallest absolute Gasteiger partial charge is 0.234 e. The predicted octanol–water partition coefficient (Wildman–Crippen LogP) is 3.42. The average Bonchev–Trinajstić information content (AvgIpc) is 3.08. The quantitative estimate of drug-likeness (QED) is 0.756. The van der Waals surface area contributed by atoms with Gasteiger partial charge in [0.05, 0.1) is 13.1 Å². The lowest BCUT2D eigenvalue weighted by Gasteiger charge is -2.19. The topological polar surface area (TPSA) is 32.3 Å². The Morgan fingerprint density at radius 1 is 1.38 bits per heavy atom. The molecule has 5 heteroatoms. The van der Waals surface area contributed by atoms with E-state index in [-0.39, 0.29) is 5.91 Å². The largest absolute Gasteiger partial charge is 0.350 e. The maximum absolute atomic E-state index is 12.1. The van der Waals surface area contributed by atoms with Gasteiger partial charge in [0.1, 0.15) is 0 Å². The first-order valence-electron chi connectivity index (χ1n) is 6.84. The number of amides is 1. The maximum atomic E-state index is 12.1. The molecule has 2 heterocycles. The van der Waals surface area contributed by atoms with E-state index in [0.29, 0.717) is 19.6 Å². The molecule has 3 nitrogen and oxygen atoms in total. The summed E-state index contributed by atoms with van der Waals surface area (Å²) in [6.45, 7) is 8.35. The summed E-state index contributed by atoms with van der Waals surface area (Å²) >= 11 is 3.39. The maximum Gasteiger partial charge on any atom is 0.234 e. The summed E-state index contributed by atoms with van der Waals surface area (Å²) in [6, 6.07) is 6.20. The lowest BCUT2D eigenvalue weighted by atomic mass is 10.3. The Labute approximate surface area is 133 Å². The Bertz CT molecular complexity index is 575. The number of hydrogen-bond donors (Lipinski definition) is 1. The molecule has 0 aliphatic carbocycles. The van der Waals surface area contributed by atoms with E-state index in [4.69, 9.17) is 0 Å². The highest BCUT2D eigenvalue weighted by atomic mass is 32.1. The van der Waals surface area contributed by atoms with Crippen molar-refractivity contribution in [1.29, 1.82) is 0 Å². The highest BCUT2D eigenvalue weighted by molar-refractivity contribution is 7.10. The van der Waals surface area contributed by atoms with Gasteiger partial charge < -0.3 is 5.32 Å². The molecule has 0 radical (unpaired) electrons. The van der Waals surface area contributed by atoms with Crippen LogP contribution < -0.4 is 5.32 Å². The van der Waals surface area contributed by atoms with Crippen LogP contribution in [0.5, 0.6) is 0 Å². The van der Waals surface area contributed by atoms with E-state index in [1.807, 2.05) is 12.1 Å². The molecule has 0 saturated carbocycles. The summed E-state index contributed by atoms with van der Waals surface area (Å²) in [5.74, 6) is 0.0567. The van der Waals surface area contributed by atoms with Gasteiger partial charge in [-0.15, -0.1) is 29.3 Å². The van der Waals surface area contributed by atoms with Crippen molar-refractivity contribution >= 4 is 28.6 Å². The summed E-state index contributed by atoms with van der Waals surface area (Å²) < 4.78 is 0. The summed E-state index contributed by atoms with van der Waals surface area (Å²) in [5.41, 5.74) is 1.24. The zero-order chi connectivity index (χ0) is 15.1. The first-order chi connectivity index (χ1) is 10.2. The van der Waals surface area contributed by atoms with Crippen molar-refractivity contribution in [3.63, 3.8) is 0 Å². The van der Waals surface area contributed by atoms with Crippen LogP contribution in [0.4, 0.5) is 0 Å². The Morgan fingerprint density at radius 3 is 2.86 bits per heavy atom. The Balaban J connectivity index is 1.83. The van der Waals surface area contributed by atoms with Gasteiger partial charge in [-0.3, -0.25) is 9.69 Å². The van der Waals surface area contributed by atoms with Crippen molar-refractivity contribution in [3.05, 3.63) is 56.9 Å². The Kier molecular flexibility index (Phi) is 6.17. The van der Waals surface area contributed by atoms with E-state index in [9.17, 15) is 4.79 Å². The number of nitrogens with zero attached hydrogens (tertiary/aromatic N) is 1. The van der Waals surface area contributed by atoms with Crippen molar-refractivity contribution in [2.45, 2.75) is 20.0 Å². The molecule has 112 valence electrons. The molecule has 21 heavy (non-hydrogen) atoms. The monoisotopic (exact) mass is 320 g/mol. The van der Waals surface area contributed by atoms with E-state index < -0.39 is 0 Å². The molecule has 0 unspecified atom stereocenters. The van der Waals surface area contributed by atoms with Gasteiger partial charge in [-0.05, 0) is 35.4 Å². The van der Waals surface area contributed by atoms with Gasteiger partial charge in [0.25, 0.3) is 0 Å². The van der Waals surface area contributed by atoms with Crippen LogP contribution in [0.3, 0.4) is 0 Å². The zero-order valence-electron chi connectivity index (χ0n) is 12.2. The number of aryl methyl sites for hydroxylation is 1. The third-order valence-corrected chi connectivity index (χ3v) is 5.01. The van der Waals surface area contributed by atoms with Crippen molar-refractivity contribution in [2.24, 2.45) is 0 Å². The molecule has 0 fully saturated rings. The van der Waals surface area contributed by atoms with Gasteiger partial charge in [0, 0.05) is 22.8 Å². The lowest BCUT2D eigenvalue weighted by Crippen LogP contribution is -2.36. The third-order valence-electron chi connectivity index (χ3n) is 3.13. The van der Waals surface area contributed by atoms with Crippen LogP contribution in [0.25, 0.3) is 0 Å². The normalized spacial score (nSPS) is 10.8. The van der Waals surface area contributed by atoms with Crippen molar-refractivity contribution in [1.82, 2.24) is 10.2 Å². The van der Waals surface area contributed by atoms with Crippen LogP contribution in [0, 0.1) is 6.92 Å². The van der Waals surface area contributed by atoms with Crippen molar-refractivity contribution in [3.8, 4) is 0 Å². The second kappa shape index (κ2) is 8.12. The molecule has 0 aromatic carbocycles. The first kappa shape index (κ1) is 15.9. The van der Waals surface area contributed by atoms with Crippen LogP contribution >= 0.6 is 22.7 Å². The van der Waals surface area contributed by atoms with Gasteiger partial charge >= 0.3 is 0 Å². The van der Waals surface area contributed by atoms with E-state index in [2.05, 4.69) is 46.6 Å². The van der Waals surface area contributed by atoms with Gasteiger partial charge in [-0.25, -0.2) is 0 Å². The molecule has 0 aliphatic rings. The molecule has 2 aromatic rings. The van der Waals surface area contributed by atoms with Crippen LogP contribution in [-0.4, -0.2) is 23.9 Å². The number of rotatable bonds is 8. The summed E-state index contributed by atoms with van der Waals surface area (Å²) in [7, 11) is 0. The number of nitrogens with one attached hydrogen (secondary N) is 1. The molecule has 2 aromatic heterocycles. The van der Waals surface area contributed by atoms with Crippen molar-refractivity contribution in [2.75, 3.05) is 13.1 Å². The summed E-state index contributed by atoms with van der Waals surface area (Å²) in [5, 5.41) is 7.10. The predicted molar refractivity (Wildman–Crippen MR) is 90.7 cm³/mol. The molecule has 0 spiro atoms. The second-order valence-corrected chi connectivity index (χ2v) is 6.87. The van der Waals surface area contributed by atoms with E-state index in [0.717, 1.165) is 6.54 Å². The fourth-order valence-corrected chi connectivity index (χ4v) is 3.61. The lowest BCUT2D eigenvalue weighted by molar-refractivity contribution is -0.122. The minimum absolute atomic E-state index is 0.0567. The van der Waals surface area contributed by atoms with Gasteiger partial charge in [0.15, 0.2) is 0 Å². The fourth-order valence-electron chi connectivity index (χ4n) is 2.01. The molecule has 0 saturated heterocycles. The van der Waals surface area contributed by atoms with Gasteiger partial charge in [-0.1, -0.05) is 12.1 Å². The summed E-state index contributed by atoms with van der Waals surface area (Å²) in [6.07, 6.45) is 1.84. The number of carbonyl (C=O) groups excluding carboxylic acids is 1. The molecule has 0 aliphatic heterocycles. The van der Waals surface area contributed by atoms with Crippen molar-refractivity contribution < 1.29 is 4.79 Å². The van der Waals surface area contributed by atoms with Crippen LogP contribution in [0.2, 0.25) is 0 Å². The molecule has 1 N–H and O–H groups in total. The fraction of sp³-hybridized carbons (Fsp3) is 0.312. The first-order valence-corrected chi connectivity index (χ1v) is 8.60. The number of thiophene rings is 2. The third kappa shape index (κ3) is 5.12. The minimum atomic E-state index is 0.0567. The minimum Gasteiger partial charge on any atom is -0.350 e. The molecule has 2 rings (SSSR count). The van der Waals surface area contributed by atoms with E-state index in [1.165, 1.54) is 15.3 Å². The molecule has 0 bridgehead atoms. The standard InChI is InChI=1S/C16H20N2OS2/c1-3-7-18(11-14-5-4-8-20-14)12-16(19)17-10-15-13(2)6-9-21-15/h3-6,8-9H,1,7,10-12H2,2H3,(H,17,19). The van der Waals surface area contributed by atoms with Gasteiger partial charge in [0.2, 0.25) is 5.91 Å². The van der Waals surface area contributed by atoms with Crippen LogP contribution in [0.1, 0.15) is 15.3 Å². The molecular weight excluding hydrogens is 300 g/mol. The summed E-state index contributed by atoms with van der Waals surface area (Å²) in [4.78, 5) is 16.7. The number of hydrogen-bond acceptors (Lipinski definition) is 4. The van der Waals surface area contributed by atoms with Crippen LogP contribution in [-0.2, 0) is 17.9 Å². The van der Waals surface area contributed by atoms with Crippen LogP contribution in [0.15, 0.2) is 41.6 Å². The van der Waals surface area contributed by atoms with E-state index >= 15 is 0 Å². The Morgan fingerprint density at radius 2 is 2.24 bits per heavy atom. The highest BCUT2D eigenvalue weighted by Crippen LogP contribution is 2.15. The number of carbonyl (C=O) groups is 1. The molecular formula is C16H20N2OS2. The van der Waals surface area contributed by atoms with Gasteiger partial charge in [-0.2, -0.15) is 0 Å². The Hall–Kier alpha value is -1.43. The highest BCUT2D eigenvalue weighted by Gasteiger charge is 2.11. The second-order valence-electron chi connectivity index (χ2n) is 4.84. The SMILES string of the molecule is C=CCN(CC(=O)NCc1sccc1C)Cc1cccs1. The molecule has 1 amide bonds.